The van der Waals surface area contributed by atoms with Gasteiger partial charge in [-0.05, 0) is 43.2 Å². The van der Waals surface area contributed by atoms with Gasteiger partial charge in [0.05, 0.1) is 12.8 Å². The molecule has 2 aliphatic carbocycles. The number of hydrogen-bond acceptors (Lipinski definition) is 3. The molecule has 1 heterocycles. The third-order valence-electron chi connectivity index (χ3n) is 5.06. The number of rotatable bonds is 4. The van der Waals surface area contributed by atoms with Crippen LogP contribution in [0, 0.1) is 11.8 Å². The fourth-order valence-electron chi connectivity index (χ4n) is 3.94. The molecule has 0 spiro atoms. The molecule has 0 unspecified atom stereocenters. The first-order valence-electron chi connectivity index (χ1n) is 8.33. The average molecular weight is 304 g/mol. The van der Waals surface area contributed by atoms with E-state index in [-0.39, 0.29) is 30.2 Å². The number of amides is 2. The van der Waals surface area contributed by atoms with Crippen molar-refractivity contribution in [2.24, 2.45) is 11.8 Å². The standard InChI is InChI=1S/C17H24N2O3/c20-16(11-18-17(21)15-6-3-9-22-15)19-14-8-7-12-4-1-2-5-13(12)10-14/h3,6,9,12-14H,1-2,4-5,7-8,10-11H2,(H,18,21)(H,19,20)/t12-,13-,14-/m1/s1. The fraction of sp³-hybridized carbons (Fsp3) is 0.647. The molecule has 2 fully saturated rings. The van der Waals surface area contributed by atoms with Crippen LogP contribution in [0.4, 0.5) is 0 Å². The van der Waals surface area contributed by atoms with Crippen LogP contribution in [0.2, 0.25) is 0 Å². The first-order valence-corrected chi connectivity index (χ1v) is 8.33. The predicted molar refractivity (Wildman–Crippen MR) is 82.3 cm³/mol. The molecule has 1 aromatic heterocycles. The van der Waals surface area contributed by atoms with Gasteiger partial charge in [-0.2, -0.15) is 0 Å². The van der Waals surface area contributed by atoms with E-state index in [9.17, 15) is 9.59 Å². The van der Waals surface area contributed by atoms with Crippen LogP contribution in [-0.2, 0) is 4.79 Å². The molecular weight excluding hydrogens is 280 g/mol. The van der Waals surface area contributed by atoms with Crippen molar-refractivity contribution in [3.05, 3.63) is 24.2 Å². The van der Waals surface area contributed by atoms with E-state index < -0.39 is 0 Å². The topological polar surface area (TPSA) is 71.3 Å². The zero-order chi connectivity index (χ0) is 15.4. The van der Waals surface area contributed by atoms with Crippen molar-refractivity contribution in [1.29, 1.82) is 0 Å². The highest BCUT2D eigenvalue weighted by molar-refractivity contribution is 5.94. The average Bonchev–Trinajstić information content (AvgIpc) is 3.07. The third kappa shape index (κ3) is 3.70. The molecule has 5 heteroatoms. The van der Waals surface area contributed by atoms with Crippen molar-refractivity contribution < 1.29 is 14.0 Å². The fourth-order valence-corrected chi connectivity index (χ4v) is 3.94. The van der Waals surface area contributed by atoms with Crippen LogP contribution in [0.15, 0.2) is 22.8 Å². The van der Waals surface area contributed by atoms with Crippen LogP contribution in [0.25, 0.3) is 0 Å². The molecule has 0 saturated heterocycles. The SMILES string of the molecule is O=C(CNC(=O)c1ccco1)N[C@@H]1CC[C@H]2CCCC[C@@H]2C1. The van der Waals surface area contributed by atoms with Crippen molar-refractivity contribution in [2.75, 3.05) is 6.54 Å². The lowest BCUT2D eigenvalue weighted by molar-refractivity contribution is -0.121. The Morgan fingerprint density at radius 1 is 1.14 bits per heavy atom. The molecule has 2 saturated carbocycles. The summed E-state index contributed by atoms with van der Waals surface area (Å²) >= 11 is 0. The number of nitrogens with one attached hydrogen (secondary N) is 2. The second-order valence-electron chi connectivity index (χ2n) is 6.54. The minimum absolute atomic E-state index is 0.00410. The highest BCUT2D eigenvalue weighted by Crippen LogP contribution is 2.40. The van der Waals surface area contributed by atoms with Gasteiger partial charge in [-0.25, -0.2) is 0 Å². The summed E-state index contributed by atoms with van der Waals surface area (Å²) in [5.74, 6) is 1.43. The molecule has 0 aromatic carbocycles. The Hall–Kier alpha value is -1.78. The summed E-state index contributed by atoms with van der Waals surface area (Å²) in [5.41, 5.74) is 0. The van der Waals surface area contributed by atoms with Crippen LogP contribution < -0.4 is 10.6 Å². The molecule has 120 valence electrons. The molecule has 1 aromatic rings. The van der Waals surface area contributed by atoms with Crippen LogP contribution >= 0.6 is 0 Å². The minimum atomic E-state index is -0.351. The zero-order valence-corrected chi connectivity index (χ0v) is 12.8. The zero-order valence-electron chi connectivity index (χ0n) is 12.8. The summed E-state index contributed by atoms with van der Waals surface area (Å²) in [4.78, 5) is 23.7. The molecule has 22 heavy (non-hydrogen) atoms. The Morgan fingerprint density at radius 3 is 2.73 bits per heavy atom. The van der Waals surface area contributed by atoms with E-state index in [1.54, 1.807) is 12.1 Å². The monoisotopic (exact) mass is 304 g/mol. The Morgan fingerprint density at radius 2 is 1.95 bits per heavy atom. The number of hydrogen-bond donors (Lipinski definition) is 2. The highest BCUT2D eigenvalue weighted by Gasteiger charge is 2.32. The second-order valence-corrected chi connectivity index (χ2v) is 6.54. The van der Waals surface area contributed by atoms with Gasteiger partial charge >= 0.3 is 0 Å². The van der Waals surface area contributed by atoms with E-state index in [1.165, 1.54) is 38.4 Å². The number of carbonyl (C=O) groups excluding carboxylic acids is 2. The molecule has 2 amide bonds. The normalized spacial score (nSPS) is 27.7. The summed E-state index contributed by atoms with van der Waals surface area (Å²) < 4.78 is 4.99. The first-order chi connectivity index (χ1) is 10.7. The van der Waals surface area contributed by atoms with Crippen LogP contribution in [0.5, 0.6) is 0 Å². The predicted octanol–water partition coefficient (Wildman–Crippen LogP) is 2.48. The molecule has 0 radical (unpaired) electrons. The van der Waals surface area contributed by atoms with Gasteiger partial charge in [-0.15, -0.1) is 0 Å². The Kier molecular flexibility index (Phi) is 4.80. The summed E-state index contributed by atoms with van der Waals surface area (Å²) in [7, 11) is 0. The van der Waals surface area contributed by atoms with Crippen molar-refractivity contribution in [3.8, 4) is 0 Å². The van der Waals surface area contributed by atoms with Crippen molar-refractivity contribution >= 4 is 11.8 Å². The summed E-state index contributed by atoms with van der Waals surface area (Å²) in [6.07, 6.45) is 10.2. The maximum Gasteiger partial charge on any atom is 0.287 e. The second kappa shape index (κ2) is 6.99. The van der Waals surface area contributed by atoms with Crippen molar-refractivity contribution in [1.82, 2.24) is 10.6 Å². The van der Waals surface area contributed by atoms with E-state index in [1.807, 2.05) is 0 Å². The lowest BCUT2D eigenvalue weighted by atomic mass is 9.69. The quantitative estimate of drug-likeness (QED) is 0.897. The lowest BCUT2D eigenvalue weighted by Crippen LogP contribution is -2.45. The Balaban J connectivity index is 1.41. The van der Waals surface area contributed by atoms with E-state index in [4.69, 9.17) is 4.42 Å². The van der Waals surface area contributed by atoms with Crippen molar-refractivity contribution in [2.45, 2.75) is 51.0 Å². The van der Waals surface area contributed by atoms with E-state index in [0.717, 1.165) is 24.7 Å². The number of carbonyl (C=O) groups is 2. The Labute approximate surface area is 130 Å². The largest absolute Gasteiger partial charge is 0.459 e. The molecule has 5 nitrogen and oxygen atoms in total. The maximum absolute atomic E-state index is 12.0. The van der Waals surface area contributed by atoms with Crippen LogP contribution in [0.1, 0.15) is 55.5 Å². The number of furan rings is 1. The molecule has 0 bridgehead atoms. The lowest BCUT2D eigenvalue weighted by Gasteiger charge is -2.39. The summed E-state index contributed by atoms with van der Waals surface area (Å²) in [5, 5.41) is 5.65. The minimum Gasteiger partial charge on any atom is -0.459 e. The van der Waals surface area contributed by atoms with Gasteiger partial charge in [0.25, 0.3) is 5.91 Å². The van der Waals surface area contributed by atoms with Gasteiger partial charge in [0.2, 0.25) is 5.91 Å². The van der Waals surface area contributed by atoms with E-state index in [0.29, 0.717) is 0 Å². The third-order valence-corrected chi connectivity index (χ3v) is 5.06. The van der Waals surface area contributed by atoms with Gasteiger partial charge in [0.15, 0.2) is 5.76 Å². The molecule has 0 aliphatic heterocycles. The van der Waals surface area contributed by atoms with Gasteiger partial charge in [-0.3, -0.25) is 9.59 Å². The first kappa shape index (κ1) is 15.1. The van der Waals surface area contributed by atoms with Gasteiger partial charge in [0, 0.05) is 6.04 Å². The Bertz CT molecular complexity index is 512. The summed E-state index contributed by atoms with van der Waals surface area (Å²) in [6, 6.07) is 3.50. The van der Waals surface area contributed by atoms with Gasteiger partial charge in [0.1, 0.15) is 0 Å². The van der Waals surface area contributed by atoms with Gasteiger partial charge in [-0.1, -0.05) is 25.7 Å². The molecule has 3 atom stereocenters. The maximum atomic E-state index is 12.0. The summed E-state index contributed by atoms with van der Waals surface area (Å²) in [6.45, 7) is 0.00410. The highest BCUT2D eigenvalue weighted by atomic mass is 16.3. The van der Waals surface area contributed by atoms with Crippen LogP contribution in [0.3, 0.4) is 0 Å². The van der Waals surface area contributed by atoms with E-state index >= 15 is 0 Å². The molecule has 2 N–H and O–H groups in total. The van der Waals surface area contributed by atoms with Gasteiger partial charge < -0.3 is 15.1 Å². The smallest absolute Gasteiger partial charge is 0.287 e. The van der Waals surface area contributed by atoms with Crippen molar-refractivity contribution in [3.63, 3.8) is 0 Å². The van der Waals surface area contributed by atoms with Crippen LogP contribution in [-0.4, -0.2) is 24.4 Å². The molecule has 3 rings (SSSR count). The van der Waals surface area contributed by atoms with E-state index in [2.05, 4.69) is 10.6 Å². The molecule has 2 aliphatic rings. The molecular formula is C17H24N2O3. The number of fused-ring (bicyclic) bond motifs is 1.